The Kier molecular flexibility index (Phi) is 8.69. The second kappa shape index (κ2) is 11.9. The highest BCUT2D eigenvalue weighted by molar-refractivity contribution is 6.39. The van der Waals surface area contributed by atoms with Crippen LogP contribution in [0, 0.1) is 0 Å². The third kappa shape index (κ3) is 6.97. The Morgan fingerprint density at radius 1 is 0.939 bits per heavy atom. The highest BCUT2D eigenvalue weighted by Crippen LogP contribution is 2.24. The Labute approximate surface area is 201 Å². The summed E-state index contributed by atoms with van der Waals surface area (Å²) in [5.74, 6) is -0.807. The normalized spacial score (nSPS) is 10.6. The Balaban J connectivity index is 1.60. The van der Waals surface area contributed by atoms with E-state index >= 15 is 0 Å². The maximum absolute atomic E-state index is 12.2. The molecule has 9 heteroatoms. The highest BCUT2D eigenvalue weighted by Gasteiger charge is 2.15. The molecule has 7 nitrogen and oxygen atoms in total. The molecule has 0 aliphatic heterocycles. The molecule has 0 aromatic heterocycles. The topological polar surface area (TPSA) is 89.0 Å². The number of ether oxygens (including phenoxy) is 2. The average Bonchev–Trinajstić information content (AvgIpc) is 2.80. The van der Waals surface area contributed by atoms with E-state index in [1.165, 1.54) is 6.21 Å². The minimum Gasteiger partial charge on any atom is -0.492 e. The van der Waals surface area contributed by atoms with Gasteiger partial charge in [0.15, 0.2) is 0 Å². The summed E-state index contributed by atoms with van der Waals surface area (Å²) in [5.41, 5.74) is 3.97. The van der Waals surface area contributed by atoms with Crippen LogP contribution in [0.2, 0.25) is 10.0 Å². The number of amides is 2. The van der Waals surface area contributed by atoms with E-state index in [4.69, 9.17) is 32.7 Å². The van der Waals surface area contributed by atoms with Crippen molar-refractivity contribution in [1.29, 1.82) is 0 Å². The van der Waals surface area contributed by atoms with Gasteiger partial charge in [-0.25, -0.2) is 5.43 Å². The number of hydrazone groups is 1. The van der Waals surface area contributed by atoms with Gasteiger partial charge in [-0.15, -0.1) is 0 Å². The van der Waals surface area contributed by atoms with Crippen LogP contribution < -0.4 is 20.2 Å². The van der Waals surface area contributed by atoms with E-state index in [0.29, 0.717) is 39.4 Å². The summed E-state index contributed by atoms with van der Waals surface area (Å²) in [6.07, 6.45) is 1.39. The van der Waals surface area contributed by atoms with E-state index in [-0.39, 0.29) is 6.61 Å². The lowest BCUT2D eigenvalue weighted by molar-refractivity contribution is -0.136. The van der Waals surface area contributed by atoms with Crippen molar-refractivity contribution >= 4 is 46.9 Å². The van der Waals surface area contributed by atoms with Gasteiger partial charge < -0.3 is 14.8 Å². The number of para-hydroxylation sites is 3. The molecule has 0 fully saturated rings. The van der Waals surface area contributed by atoms with Crippen molar-refractivity contribution in [2.24, 2.45) is 5.10 Å². The van der Waals surface area contributed by atoms with Crippen LogP contribution in [-0.2, 0) is 16.2 Å². The number of hydrogen-bond acceptors (Lipinski definition) is 5. The largest absolute Gasteiger partial charge is 0.492 e. The van der Waals surface area contributed by atoms with Crippen LogP contribution >= 0.6 is 23.2 Å². The molecule has 0 spiro atoms. The standard InChI is InChI=1S/C24H21Cl2N3O4/c1-2-32-22-10-6-4-8-20(22)28-23(30)24(31)29-27-14-16-7-3-5-9-21(16)33-15-17-11-12-18(25)13-19(17)26/h3-14H,2,15H2,1H3,(H,28,30)(H,29,31)/b27-14-. The monoisotopic (exact) mass is 485 g/mol. The molecule has 3 aromatic rings. The average molecular weight is 486 g/mol. The molecule has 0 saturated carbocycles. The van der Waals surface area contributed by atoms with Gasteiger partial charge in [-0.3, -0.25) is 9.59 Å². The van der Waals surface area contributed by atoms with Gasteiger partial charge in [0.25, 0.3) is 0 Å². The predicted molar refractivity (Wildman–Crippen MR) is 129 cm³/mol. The van der Waals surface area contributed by atoms with Crippen molar-refractivity contribution in [3.8, 4) is 11.5 Å². The number of benzene rings is 3. The molecule has 3 rings (SSSR count). The molecule has 2 N–H and O–H groups in total. The maximum Gasteiger partial charge on any atom is 0.329 e. The molecule has 0 radical (unpaired) electrons. The molecule has 170 valence electrons. The van der Waals surface area contributed by atoms with Crippen molar-refractivity contribution in [2.45, 2.75) is 13.5 Å². The highest BCUT2D eigenvalue weighted by atomic mass is 35.5. The molecular weight excluding hydrogens is 465 g/mol. The Morgan fingerprint density at radius 3 is 2.42 bits per heavy atom. The lowest BCUT2D eigenvalue weighted by Gasteiger charge is -2.11. The molecular formula is C24H21Cl2N3O4. The van der Waals surface area contributed by atoms with E-state index in [1.54, 1.807) is 66.7 Å². The second-order valence-corrected chi connectivity index (χ2v) is 7.49. The number of carbonyl (C=O) groups excluding carboxylic acids is 2. The minimum atomic E-state index is -0.927. The Hall–Kier alpha value is -3.55. The number of nitrogens with one attached hydrogen (secondary N) is 2. The first-order valence-corrected chi connectivity index (χ1v) is 10.8. The van der Waals surface area contributed by atoms with E-state index in [1.807, 2.05) is 6.92 Å². The zero-order valence-electron chi connectivity index (χ0n) is 17.7. The quantitative estimate of drug-likeness (QED) is 0.265. The van der Waals surface area contributed by atoms with Crippen LogP contribution in [0.1, 0.15) is 18.1 Å². The maximum atomic E-state index is 12.2. The smallest absolute Gasteiger partial charge is 0.329 e. The zero-order valence-corrected chi connectivity index (χ0v) is 19.2. The van der Waals surface area contributed by atoms with Gasteiger partial charge in [-0.2, -0.15) is 5.10 Å². The van der Waals surface area contributed by atoms with E-state index < -0.39 is 11.8 Å². The third-order valence-electron chi connectivity index (χ3n) is 4.33. The van der Waals surface area contributed by atoms with Gasteiger partial charge in [-0.05, 0) is 43.3 Å². The molecule has 0 atom stereocenters. The predicted octanol–water partition coefficient (Wildman–Crippen LogP) is 5.06. The summed E-state index contributed by atoms with van der Waals surface area (Å²) >= 11 is 12.1. The Bertz CT molecular complexity index is 1170. The molecule has 2 amide bonds. The third-order valence-corrected chi connectivity index (χ3v) is 4.92. The van der Waals surface area contributed by atoms with Crippen LogP contribution in [0.5, 0.6) is 11.5 Å². The first kappa shape index (κ1) is 24.1. The lowest BCUT2D eigenvalue weighted by atomic mass is 10.2. The number of nitrogens with zero attached hydrogens (tertiary/aromatic N) is 1. The van der Waals surface area contributed by atoms with Crippen LogP contribution in [-0.4, -0.2) is 24.6 Å². The number of anilines is 1. The molecule has 3 aromatic carbocycles. The number of halogens is 2. The van der Waals surface area contributed by atoms with Gasteiger partial charge in [0.05, 0.1) is 18.5 Å². The van der Waals surface area contributed by atoms with Gasteiger partial charge in [0.1, 0.15) is 18.1 Å². The fourth-order valence-electron chi connectivity index (χ4n) is 2.75. The van der Waals surface area contributed by atoms with Crippen molar-refractivity contribution in [1.82, 2.24) is 5.43 Å². The second-order valence-electron chi connectivity index (χ2n) is 6.64. The lowest BCUT2D eigenvalue weighted by Crippen LogP contribution is -2.32. The minimum absolute atomic E-state index is 0.217. The number of hydrogen-bond donors (Lipinski definition) is 2. The number of carbonyl (C=O) groups is 2. The van der Waals surface area contributed by atoms with Crippen LogP contribution in [0.15, 0.2) is 71.8 Å². The first-order valence-electron chi connectivity index (χ1n) is 10.00. The molecule has 0 heterocycles. The zero-order chi connectivity index (χ0) is 23.6. The van der Waals surface area contributed by atoms with Crippen LogP contribution in [0.25, 0.3) is 0 Å². The molecule has 0 saturated heterocycles. The van der Waals surface area contributed by atoms with Gasteiger partial charge in [0.2, 0.25) is 0 Å². The van der Waals surface area contributed by atoms with Crippen molar-refractivity contribution in [3.05, 3.63) is 87.9 Å². The summed E-state index contributed by atoms with van der Waals surface area (Å²) < 4.78 is 11.3. The van der Waals surface area contributed by atoms with Crippen molar-refractivity contribution in [3.63, 3.8) is 0 Å². The van der Waals surface area contributed by atoms with E-state index in [9.17, 15) is 9.59 Å². The summed E-state index contributed by atoms with van der Waals surface area (Å²) in [4.78, 5) is 24.3. The molecule has 0 aliphatic rings. The number of rotatable bonds is 8. The van der Waals surface area contributed by atoms with E-state index in [0.717, 1.165) is 5.56 Å². The molecule has 0 unspecified atom stereocenters. The molecule has 0 bridgehead atoms. The van der Waals surface area contributed by atoms with Crippen LogP contribution in [0.4, 0.5) is 5.69 Å². The van der Waals surface area contributed by atoms with Crippen molar-refractivity contribution < 1.29 is 19.1 Å². The van der Waals surface area contributed by atoms with Gasteiger partial charge >= 0.3 is 11.8 Å². The fourth-order valence-corrected chi connectivity index (χ4v) is 3.22. The fraction of sp³-hybridized carbons (Fsp3) is 0.125. The summed E-state index contributed by atoms with van der Waals surface area (Å²) in [6, 6.07) is 19.1. The van der Waals surface area contributed by atoms with E-state index in [2.05, 4.69) is 15.8 Å². The summed E-state index contributed by atoms with van der Waals surface area (Å²) in [7, 11) is 0. The van der Waals surface area contributed by atoms with Crippen molar-refractivity contribution in [2.75, 3.05) is 11.9 Å². The Morgan fingerprint density at radius 2 is 1.67 bits per heavy atom. The first-order chi connectivity index (χ1) is 16.0. The SMILES string of the molecule is CCOc1ccccc1NC(=O)C(=O)N/N=C\c1ccccc1OCc1ccc(Cl)cc1Cl. The van der Waals surface area contributed by atoms with Crippen LogP contribution in [0.3, 0.4) is 0 Å². The summed E-state index contributed by atoms with van der Waals surface area (Å²) in [6.45, 7) is 2.47. The van der Waals surface area contributed by atoms with Gasteiger partial charge in [-0.1, -0.05) is 53.5 Å². The molecule has 33 heavy (non-hydrogen) atoms. The molecule has 0 aliphatic carbocycles. The summed E-state index contributed by atoms with van der Waals surface area (Å²) in [5, 5.41) is 7.41. The van der Waals surface area contributed by atoms with Gasteiger partial charge in [0, 0.05) is 21.2 Å².